The summed E-state index contributed by atoms with van der Waals surface area (Å²) in [6, 6.07) is 0. The molecule has 144 valence electrons. The van der Waals surface area contributed by atoms with Crippen LogP contribution in [0.2, 0.25) is 0 Å². The molecule has 2 saturated heterocycles. The molecule has 0 bridgehead atoms. The molecule has 0 spiro atoms. The summed E-state index contributed by atoms with van der Waals surface area (Å²) in [6.07, 6.45) is 3.85. The number of aromatic nitrogens is 1. The van der Waals surface area contributed by atoms with Crippen LogP contribution in [0, 0.1) is 25.7 Å². The average molecular weight is 363 g/mol. The summed E-state index contributed by atoms with van der Waals surface area (Å²) in [4.78, 5) is 26.5. The maximum Gasteiger partial charge on any atom is 0.228 e. The second-order valence-electron chi connectivity index (χ2n) is 7.44. The van der Waals surface area contributed by atoms with Gasteiger partial charge in [0.15, 0.2) is 0 Å². The first-order valence-electron chi connectivity index (χ1n) is 9.59. The number of carbonyl (C=O) groups is 2. The minimum atomic E-state index is 0.0515. The lowest BCUT2D eigenvalue weighted by molar-refractivity contribution is -0.137. The number of nitrogens with one attached hydrogen (secondary N) is 1. The molecule has 1 aromatic rings. The molecule has 1 atom stereocenters. The Bertz CT molecular complexity index is 609. The summed E-state index contributed by atoms with van der Waals surface area (Å²) >= 11 is 0. The van der Waals surface area contributed by atoms with E-state index in [2.05, 4.69) is 10.5 Å². The van der Waals surface area contributed by atoms with Gasteiger partial charge < -0.3 is 19.5 Å². The topological polar surface area (TPSA) is 84.7 Å². The normalized spacial score (nSPS) is 21.2. The lowest BCUT2D eigenvalue weighted by Gasteiger charge is -2.33. The fourth-order valence-electron chi connectivity index (χ4n) is 3.79. The van der Waals surface area contributed by atoms with Gasteiger partial charge in [0, 0.05) is 38.2 Å². The van der Waals surface area contributed by atoms with E-state index in [9.17, 15) is 9.59 Å². The highest BCUT2D eigenvalue weighted by atomic mass is 16.5. The van der Waals surface area contributed by atoms with Crippen molar-refractivity contribution in [3.8, 4) is 0 Å². The molecule has 1 aromatic heterocycles. The quantitative estimate of drug-likeness (QED) is 0.830. The average Bonchev–Trinajstić information content (AvgIpc) is 3.29. The van der Waals surface area contributed by atoms with Gasteiger partial charge in [0.1, 0.15) is 5.76 Å². The van der Waals surface area contributed by atoms with Crippen molar-refractivity contribution < 1.29 is 18.8 Å². The number of hydrogen-bond acceptors (Lipinski definition) is 5. The standard InChI is InChI=1S/C19H29N3O4/c1-13-17(14(2)26-21-13)3-4-18(23)20-11-15-5-8-22(9-6-15)19(24)16-7-10-25-12-16/h15-16H,3-12H2,1-2H3,(H,20,23). The van der Waals surface area contributed by atoms with Gasteiger partial charge in [0.25, 0.3) is 0 Å². The van der Waals surface area contributed by atoms with Crippen LogP contribution >= 0.6 is 0 Å². The third kappa shape index (κ3) is 4.63. The van der Waals surface area contributed by atoms with Crippen LogP contribution in [0.4, 0.5) is 0 Å². The van der Waals surface area contributed by atoms with E-state index in [1.807, 2.05) is 18.7 Å². The molecule has 7 heteroatoms. The Kier molecular flexibility index (Phi) is 6.29. The number of aryl methyl sites for hydroxylation is 2. The van der Waals surface area contributed by atoms with Crippen molar-refractivity contribution >= 4 is 11.8 Å². The Morgan fingerprint density at radius 2 is 2.00 bits per heavy atom. The van der Waals surface area contributed by atoms with Gasteiger partial charge in [-0.3, -0.25) is 9.59 Å². The van der Waals surface area contributed by atoms with E-state index in [0.717, 1.165) is 49.4 Å². The Morgan fingerprint density at radius 3 is 2.62 bits per heavy atom. The van der Waals surface area contributed by atoms with Crippen LogP contribution in [0.5, 0.6) is 0 Å². The molecule has 0 aliphatic carbocycles. The molecule has 3 heterocycles. The second-order valence-corrected chi connectivity index (χ2v) is 7.44. The van der Waals surface area contributed by atoms with Crippen molar-refractivity contribution in [3.63, 3.8) is 0 Å². The van der Waals surface area contributed by atoms with Crippen molar-refractivity contribution in [3.05, 3.63) is 17.0 Å². The molecule has 2 fully saturated rings. The van der Waals surface area contributed by atoms with E-state index in [0.29, 0.717) is 38.5 Å². The fourth-order valence-corrected chi connectivity index (χ4v) is 3.79. The minimum Gasteiger partial charge on any atom is -0.381 e. The monoisotopic (exact) mass is 363 g/mol. The van der Waals surface area contributed by atoms with Gasteiger partial charge in [0.05, 0.1) is 18.2 Å². The lowest BCUT2D eigenvalue weighted by Crippen LogP contribution is -2.44. The summed E-state index contributed by atoms with van der Waals surface area (Å²) in [6.45, 7) is 7.31. The molecular formula is C19H29N3O4. The van der Waals surface area contributed by atoms with Crippen molar-refractivity contribution in [1.29, 1.82) is 0 Å². The molecule has 7 nitrogen and oxygen atoms in total. The summed E-state index contributed by atoms with van der Waals surface area (Å²) in [5, 5.41) is 6.96. The third-order valence-electron chi connectivity index (χ3n) is 5.58. The number of likely N-dealkylation sites (tertiary alicyclic amines) is 1. The summed E-state index contributed by atoms with van der Waals surface area (Å²) in [7, 11) is 0. The highest BCUT2D eigenvalue weighted by molar-refractivity contribution is 5.79. The predicted molar refractivity (Wildman–Crippen MR) is 95.5 cm³/mol. The number of rotatable bonds is 6. The van der Waals surface area contributed by atoms with Gasteiger partial charge in [-0.2, -0.15) is 0 Å². The van der Waals surface area contributed by atoms with Crippen molar-refractivity contribution in [2.75, 3.05) is 32.8 Å². The van der Waals surface area contributed by atoms with Crippen molar-refractivity contribution in [2.24, 2.45) is 11.8 Å². The number of piperidine rings is 1. The van der Waals surface area contributed by atoms with Gasteiger partial charge >= 0.3 is 0 Å². The largest absolute Gasteiger partial charge is 0.381 e. The molecule has 1 N–H and O–H groups in total. The molecular weight excluding hydrogens is 334 g/mol. The molecule has 0 radical (unpaired) electrons. The summed E-state index contributed by atoms with van der Waals surface area (Å²) in [5.41, 5.74) is 1.89. The van der Waals surface area contributed by atoms with E-state index < -0.39 is 0 Å². The second kappa shape index (κ2) is 8.66. The first kappa shape index (κ1) is 18.9. The Labute approximate surface area is 154 Å². The van der Waals surface area contributed by atoms with Crippen LogP contribution < -0.4 is 5.32 Å². The molecule has 2 aliphatic heterocycles. The molecule has 3 rings (SSSR count). The molecule has 1 unspecified atom stereocenters. The smallest absolute Gasteiger partial charge is 0.228 e. The highest BCUT2D eigenvalue weighted by Crippen LogP contribution is 2.22. The van der Waals surface area contributed by atoms with Crippen molar-refractivity contribution in [1.82, 2.24) is 15.4 Å². The van der Waals surface area contributed by atoms with Gasteiger partial charge in [0.2, 0.25) is 11.8 Å². The predicted octanol–water partition coefficient (Wildman–Crippen LogP) is 1.62. The third-order valence-corrected chi connectivity index (χ3v) is 5.58. The van der Waals surface area contributed by atoms with Gasteiger partial charge in [-0.15, -0.1) is 0 Å². The number of amides is 2. The zero-order chi connectivity index (χ0) is 18.5. The first-order chi connectivity index (χ1) is 12.5. The lowest BCUT2D eigenvalue weighted by atomic mass is 9.95. The van der Waals surface area contributed by atoms with Gasteiger partial charge in [-0.05, 0) is 45.4 Å². The Morgan fingerprint density at radius 1 is 1.23 bits per heavy atom. The molecule has 2 aliphatic rings. The van der Waals surface area contributed by atoms with Crippen LogP contribution in [0.1, 0.15) is 42.7 Å². The number of hydrogen-bond donors (Lipinski definition) is 1. The molecule has 26 heavy (non-hydrogen) atoms. The molecule has 0 aromatic carbocycles. The Balaban J connectivity index is 1.34. The number of nitrogens with zero attached hydrogens (tertiary/aromatic N) is 2. The summed E-state index contributed by atoms with van der Waals surface area (Å²) < 4.78 is 10.4. The van der Waals surface area contributed by atoms with Crippen molar-refractivity contribution in [2.45, 2.75) is 46.0 Å². The van der Waals surface area contributed by atoms with Crippen LogP contribution in [0.15, 0.2) is 4.52 Å². The summed E-state index contributed by atoms with van der Waals surface area (Å²) in [5.74, 6) is 1.59. The van der Waals surface area contributed by atoms with E-state index >= 15 is 0 Å². The zero-order valence-corrected chi connectivity index (χ0v) is 15.8. The molecule has 0 saturated carbocycles. The minimum absolute atomic E-state index is 0.0515. The number of ether oxygens (including phenoxy) is 1. The number of carbonyl (C=O) groups excluding carboxylic acids is 2. The van der Waals surface area contributed by atoms with Crippen LogP contribution in [-0.2, 0) is 20.7 Å². The fraction of sp³-hybridized carbons (Fsp3) is 0.737. The Hall–Kier alpha value is -1.89. The maximum absolute atomic E-state index is 12.4. The van der Waals surface area contributed by atoms with Crippen LogP contribution in [0.25, 0.3) is 0 Å². The van der Waals surface area contributed by atoms with Crippen LogP contribution in [-0.4, -0.2) is 54.7 Å². The van der Waals surface area contributed by atoms with E-state index in [1.54, 1.807) is 0 Å². The highest BCUT2D eigenvalue weighted by Gasteiger charge is 2.30. The van der Waals surface area contributed by atoms with Crippen LogP contribution in [0.3, 0.4) is 0 Å². The first-order valence-corrected chi connectivity index (χ1v) is 9.59. The van der Waals surface area contributed by atoms with Gasteiger partial charge in [-0.1, -0.05) is 5.16 Å². The van der Waals surface area contributed by atoms with Gasteiger partial charge in [-0.25, -0.2) is 0 Å². The van der Waals surface area contributed by atoms with E-state index in [4.69, 9.17) is 9.26 Å². The van der Waals surface area contributed by atoms with E-state index in [-0.39, 0.29) is 17.7 Å². The van der Waals surface area contributed by atoms with E-state index in [1.165, 1.54) is 0 Å². The maximum atomic E-state index is 12.4. The zero-order valence-electron chi connectivity index (χ0n) is 15.8. The SMILES string of the molecule is Cc1noc(C)c1CCC(=O)NCC1CCN(C(=O)C2CCOC2)CC1. The molecule has 2 amide bonds.